The Morgan fingerprint density at radius 1 is 0.909 bits per heavy atom. The molecular weight excluding hydrogens is 319 g/mol. The van der Waals surface area contributed by atoms with Crippen molar-refractivity contribution in [1.82, 2.24) is 0 Å². The van der Waals surface area contributed by atoms with Crippen molar-refractivity contribution < 1.29 is 9.47 Å². The maximum absolute atomic E-state index is 6.45. The lowest BCUT2D eigenvalue weighted by atomic mass is 9.88. The predicted octanol–water partition coefficient (Wildman–Crippen LogP) is 5.42. The molecule has 0 aliphatic heterocycles. The van der Waals surface area contributed by atoms with Gasteiger partial charge in [-0.15, -0.1) is 23.2 Å². The molecule has 2 nitrogen and oxygen atoms in total. The Labute approximate surface area is 142 Å². The fourth-order valence-electron chi connectivity index (χ4n) is 2.50. The van der Waals surface area contributed by atoms with E-state index in [1.54, 1.807) is 7.11 Å². The molecule has 0 aliphatic carbocycles. The van der Waals surface area contributed by atoms with Gasteiger partial charge >= 0.3 is 0 Å². The van der Waals surface area contributed by atoms with E-state index < -0.39 is 4.33 Å². The number of hydrogen-bond donors (Lipinski definition) is 0. The summed E-state index contributed by atoms with van der Waals surface area (Å²) in [6.07, 6.45) is 0. The number of methoxy groups -OCH3 is 1. The Kier molecular flexibility index (Phi) is 5.60. The highest BCUT2D eigenvalue weighted by atomic mass is 35.5. The first-order valence-corrected chi connectivity index (χ1v) is 7.95. The van der Waals surface area contributed by atoms with Crippen LogP contribution >= 0.6 is 23.2 Å². The summed E-state index contributed by atoms with van der Waals surface area (Å²) >= 11 is 12.9. The van der Waals surface area contributed by atoms with Gasteiger partial charge in [0.25, 0.3) is 0 Å². The second-order valence-corrected chi connectivity index (χ2v) is 6.93. The number of ether oxygens (including phenoxy) is 2. The molecule has 0 aliphatic rings. The Balaban J connectivity index is 2.37. The highest BCUT2D eigenvalue weighted by Gasteiger charge is 2.32. The lowest BCUT2D eigenvalue weighted by Crippen LogP contribution is -2.21. The Hall–Kier alpha value is -1.38. The molecule has 0 bridgehead atoms. The van der Waals surface area contributed by atoms with Crippen LogP contribution in [-0.2, 0) is 0 Å². The minimum atomic E-state index is -0.929. The van der Waals surface area contributed by atoms with E-state index in [0.29, 0.717) is 6.61 Å². The average molecular weight is 339 g/mol. The first-order valence-electron chi connectivity index (χ1n) is 7.20. The van der Waals surface area contributed by atoms with Crippen molar-refractivity contribution in [2.24, 2.45) is 0 Å². The van der Waals surface area contributed by atoms with E-state index in [1.807, 2.05) is 62.4 Å². The van der Waals surface area contributed by atoms with Crippen LogP contribution < -0.4 is 9.47 Å². The molecule has 0 radical (unpaired) electrons. The van der Waals surface area contributed by atoms with Gasteiger partial charge in [0.1, 0.15) is 15.8 Å². The third-order valence-corrected chi connectivity index (χ3v) is 3.92. The molecule has 0 aromatic heterocycles. The van der Waals surface area contributed by atoms with Gasteiger partial charge in [-0.1, -0.05) is 24.3 Å². The van der Waals surface area contributed by atoms with Gasteiger partial charge in [-0.2, -0.15) is 0 Å². The molecule has 0 amide bonds. The molecule has 1 unspecified atom stereocenters. The molecule has 2 rings (SSSR count). The van der Waals surface area contributed by atoms with Crippen LogP contribution in [0.2, 0.25) is 0 Å². The number of halogens is 2. The summed E-state index contributed by atoms with van der Waals surface area (Å²) in [7, 11) is 1.64. The van der Waals surface area contributed by atoms with Crippen LogP contribution in [0.3, 0.4) is 0 Å². The lowest BCUT2D eigenvalue weighted by Gasteiger charge is -2.27. The molecule has 2 aromatic carbocycles. The molecule has 22 heavy (non-hydrogen) atoms. The van der Waals surface area contributed by atoms with Crippen LogP contribution in [0.1, 0.15) is 30.9 Å². The van der Waals surface area contributed by atoms with E-state index in [0.717, 1.165) is 22.6 Å². The summed E-state index contributed by atoms with van der Waals surface area (Å²) in [6.45, 7) is 4.41. The van der Waals surface area contributed by atoms with Gasteiger partial charge in [0.05, 0.1) is 13.7 Å². The molecule has 4 heteroatoms. The Bertz CT molecular complexity index is 586. The van der Waals surface area contributed by atoms with Crippen molar-refractivity contribution in [1.29, 1.82) is 0 Å². The van der Waals surface area contributed by atoms with Crippen LogP contribution in [0.5, 0.6) is 11.5 Å². The van der Waals surface area contributed by atoms with Crippen molar-refractivity contribution in [2.45, 2.75) is 24.1 Å². The number of rotatable bonds is 6. The van der Waals surface area contributed by atoms with Crippen molar-refractivity contribution in [2.75, 3.05) is 13.7 Å². The monoisotopic (exact) mass is 338 g/mol. The zero-order valence-corrected chi connectivity index (χ0v) is 14.5. The first kappa shape index (κ1) is 17.0. The standard InChI is InChI=1S/C18H20Cl2O2/c1-4-22-16-11-7-14(8-12-16)17(18(2,19)20)13-5-9-15(21-3)10-6-13/h5-12,17H,4H2,1-3H3. The lowest BCUT2D eigenvalue weighted by molar-refractivity contribution is 0.340. The zero-order valence-electron chi connectivity index (χ0n) is 13.0. The van der Waals surface area contributed by atoms with E-state index in [2.05, 4.69) is 0 Å². The van der Waals surface area contributed by atoms with Crippen LogP contribution in [0.25, 0.3) is 0 Å². The summed E-state index contributed by atoms with van der Waals surface area (Å²) in [4.78, 5) is 0. The van der Waals surface area contributed by atoms with Crippen molar-refractivity contribution in [3.63, 3.8) is 0 Å². The van der Waals surface area contributed by atoms with Gasteiger partial charge < -0.3 is 9.47 Å². The van der Waals surface area contributed by atoms with E-state index in [4.69, 9.17) is 32.7 Å². The quantitative estimate of drug-likeness (QED) is 0.654. The summed E-state index contributed by atoms with van der Waals surface area (Å²) in [6, 6.07) is 15.7. The van der Waals surface area contributed by atoms with Gasteiger partial charge in [-0.3, -0.25) is 0 Å². The van der Waals surface area contributed by atoms with Crippen LogP contribution in [-0.4, -0.2) is 18.1 Å². The van der Waals surface area contributed by atoms with E-state index in [-0.39, 0.29) is 5.92 Å². The van der Waals surface area contributed by atoms with Gasteiger partial charge in [-0.25, -0.2) is 0 Å². The van der Waals surface area contributed by atoms with Crippen molar-refractivity contribution >= 4 is 23.2 Å². The number of benzene rings is 2. The second kappa shape index (κ2) is 7.26. The maximum Gasteiger partial charge on any atom is 0.126 e. The molecular formula is C18H20Cl2O2. The van der Waals surface area contributed by atoms with Gasteiger partial charge in [-0.05, 0) is 49.2 Å². The molecule has 0 spiro atoms. The third kappa shape index (κ3) is 4.08. The van der Waals surface area contributed by atoms with E-state index >= 15 is 0 Å². The number of hydrogen-bond acceptors (Lipinski definition) is 2. The molecule has 0 saturated carbocycles. The average Bonchev–Trinajstić information content (AvgIpc) is 2.49. The Morgan fingerprint density at radius 2 is 1.36 bits per heavy atom. The van der Waals surface area contributed by atoms with Crippen LogP contribution in [0.4, 0.5) is 0 Å². The van der Waals surface area contributed by atoms with Crippen LogP contribution in [0, 0.1) is 0 Å². The highest BCUT2D eigenvalue weighted by Crippen LogP contribution is 2.42. The molecule has 2 aromatic rings. The fraction of sp³-hybridized carbons (Fsp3) is 0.333. The molecule has 0 N–H and O–H groups in total. The SMILES string of the molecule is CCOc1ccc(C(c2ccc(OC)cc2)C(C)(Cl)Cl)cc1. The van der Waals surface area contributed by atoms with Gasteiger partial charge in [0.2, 0.25) is 0 Å². The van der Waals surface area contributed by atoms with E-state index in [1.165, 1.54) is 0 Å². The molecule has 118 valence electrons. The summed E-state index contributed by atoms with van der Waals surface area (Å²) in [5.41, 5.74) is 2.08. The topological polar surface area (TPSA) is 18.5 Å². The molecule has 1 atom stereocenters. The third-order valence-electron chi connectivity index (χ3n) is 3.48. The van der Waals surface area contributed by atoms with Gasteiger partial charge in [0, 0.05) is 5.92 Å². The normalized spacial score (nSPS) is 12.8. The summed E-state index contributed by atoms with van der Waals surface area (Å²) < 4.78 is 9.75. The number of alkyl halides is 2. The second-order valence-electron chi connectivity index (χ2n) is 5.16. The maximum atomic E-state index is 6.45. The molecule has 0 fully saturated rings. The largest absolute Gasteiger partial charge is 0.497 e. The highest BCUT2D eigenvalue weighted by molar-refractivity contribution is 6.48. The zero-order chi connectivity index (χ0) is 16.2. The molecule has 0 heterocycles. The molecule has 0 saturated heterocycles. The predicted molar refractivity (Wildman–Crippen MR) is 92.6 cm³/mol. The van der Waals surface area contributed by atoms with Crippen LogP contribution in [0.15, 0.2) is 48.5 Å². The van der Waals surface area contributed by atoms with Gasteiger partial charge in [0.15, 0.2) is 0 Å². The van der Waals surface area contributed by atoms with E-state index in [9.17, 15) is 0 Å². The summed E-state index contributed by atoms with van der Waals surface area (Å²) in [5.74, 6) is 1.50. The fourth-order valence-corrected chi connectivity index (χ4v) is 3.00. The summed E-state index contributed by atoms with van der Waals surface area (Å²) in [5, 5.41) is 0. The van der Waals surface area contributed by atoms with Crippen molar-refractivity contribution in [3.05, 3.63) is 59.7 Å². The minimum absolute atomic E-state index is 0.141. The smallest absolute Gasteiger partial charge is 0.126 e. The minimum Gasteiger partial charge on any atom is -0.497 e. The first-order chi connectivity index (χ1) is 10.5. The van der Waals surface area contributed by atoms with Crippen molar-refractivity contribution in [3.8, 4) is 11.5 Å². The Morgan fingerprint density at radius 3 is 1.73 bits per heavy atom.